The molecule has 0 unspecified atom stereocenters. The van der Waals surface area contributed by atoms with Gasteiger partial charge in [0, 0.05) is 22.7 Å². The summed E-state index contributed by atoms with van der Waals surface area (Å²) >= 11 is 1.47. The van der Waals surface area contributed by atoms with Crippen molar-refractivity contribution in [1.82, 2.24) is 14.6 Å². The van der Waals surface area contributed by atoms with Crippen LogP contribution >= 0.6 is 11.3 Å². The highest BCUT2D eigenvalue weighted by Gasteiger charge is 2.13. The minimum Gasteiger partial charge on any atom is -0.452 e. The van der Waals surface area contributed by atoms with Gasteiger partial charge in [-0.05, 0) is 30.3 Å². The Balaban J connectivity index is 1.79. The molecule has 25 heavy (non-hydrogen) atoms. The van der Waals surface area contributed by atoms with E-state index in [2.05, 4.69) is 10.1 Å². The zero-order valence-electron chi connectivity index (χ0n) is 12.7. The summed E-state index contributed by atoms with van der Waals surface area (Å²) in [7, 11) is 0. The van der Waals surface area contributed by atoms with Gasteiger partial charge in [-0.1, -0.05) is 0 Å². The smallest absolute Gasteiger partial charge is 0.248 e. The molecule has 0 aliphatic carbocycles. The van der Waals surface area contributed by atoms with Gasteiger partial charge in [-0.3, -0.25) is 4.79 Å². The highest BCUT2D eigenvalue weighted by Crippen LogP contribution is 2.32. The van der Waals surface area contributed by atoms with Crippen LogP contribution in [0, 0.1) is 5.82 Å². The topological polar surface area (TPSA) is 82.5 Å². The first-order valence-electron chi connectivity index (χ1n) is 7.25. The number of pyridine rings is 1. The Hall–Kier alpha value is -3.26. The number of halogens is 1. The third kappa shape index (κ3) is 2.83. The predicted octanol–water partition coefficient (Wildman–Crippen LogP) is 3.49. The molecule has 0 saturated heterocycles. The summed E-state index contributed by atoms with van der Waals surface area (Å²) < 4.78 is 21.6. The Morgan fingerprint density at radius 3 is 2.84 bits per heavy atom. The van der Waals surface area contributed by atoms with Crippen molar-refractivity contribution in [3.63, 3.8) is 0 Å². The van der Waals surface area contributed by atoms with Crippen molar-refractivity contribution >= 4 is 22.8 Å². The second kappa shape index (κ2) is 5.99. The van der Waals surface area contributed by atoms with Crippen molar-refractivity contribution < 1.29 is 13.9 Å². The quantitative estimate of drug-likeness (QED) is 0.608. The molecule has 0 spiro atoms. The first-order valence-corrected chi connectivity index (χ1v) is 8.19. The van der Waals surface area contributed by atoms with Crippen molar-refractivity contribution in [2.75, 3.05) is 0 Å². The molecule has 0 atom stereocenters. The number of nitrogens with two attached hydrogens (primary N) is 1. The van der Waals surface area contributed by atoms with Crippen molar-refractivity contribution in [3.8, 4) is 22.8 Å². The van der Waals surface area contributed by atoms with Gasteiger partial charge in [0.25, 0.3) is 0 Å². The van der Waals surface area contributed by atoms with Gasteiger partial charge >= 0.3 is 0 Å². The highest BCUT2D eigenvalue weighted by molar-refractivity contribution is 7.07. The van der Waals surface area contributed by atoms with Crippen LogP contribution in [0.25, 0.3) is 16.8 Å². The number of carbonyl (C=O) groups is 1. The van der Waals surface area contributed by atoms with Crippen LogP contribution < -0.4 is 10.5 Å². The molecular formula is C17H11FN4O2S. The van der Waals surface area contributed by atoms with Crippen molar-refractivity contribution in [3.05, 3.63) is 65.0 Å². The molecule has 4 rings (SSSR count). The summed E-state index contributed by atoms with van der Waals surface area (Å²) in [4.78, 5) is 15.4. The maximum absolute atomic E-state index is 14.2. The van der Waals surface area contributed by atoms with Crippen molar-refractivity contribution in [1.29, 1.82) is 0 Å². The highest BCUT2D eigenvalue weighted by atomic mass is 32.1. The minimum atomic E-state index is -0.700. The van der Waals surface area contributed by atoms with E-state index < -0.39 is 11.7 Å². The Kier molecular flexibility index (Phi) is 3.66. The number of ether oxygens (including phenoxy) is 1. The lowest BCUT2D eigenvalue weighted by molar-refractivity contribution is 0.1000. The number of amides is 1. The number of benzene rings is 1. The van der Waals surface area contributed by atoms with Crippen LogP contribution in [0.3, 0.4) is 0 Å². The molecule has 0 fully saturated rings. The molecule has 0 aliphatic rings. The number of hydrogen-bond acceptors (Lipinski definition) is 5. The fourth-order valence-corrected chi connectivity index (χ4v) is 2.99. The number of aromatic nitrogens is 3. The summed E-state index contributed by atoms with van der Waals surface area (Å²) in [6.07, 6.45) is 3.45. The van der Waals surface area contributed by atoms with E-state index in [-0.39, 0.29) is 11.3 Å². The Morgan fingerprint density at radius 2 is 2.12 bits per heavy atom. The van der Waals surface area contributed by atoms with E-state index in [9.17, 15) is 9.18 Å². The van der Waals surface area contributed by atoms with E-state index in [0.29, 0.717) is 11.3 Å². The standard InChI is InChI=1S/C17H11FN4O2S/c18-12-5-10(17(19)23)1-2-15(12)24-16-6-11(13-8-25-9-20-13)7-22-14(16)3-4-21-22/h1-9H,(H2,19,23). The molecule has 3 heterocycles. The number of fused-ring (bicyclic) bond motifs is 1. The zero-order chi connectivity index (χ0) is 17.4. The van der Waals surface area contributed by atoms with Crippen LogP contribution in [0.5, 0.6) is 11.5 Å². The number of primary amides is 1. The summed E-state index contributed by atoms with van der Waals surface area (Å²) in [6.45, 7) is 0. The van der Waals surface area contributed by atoms with E-state index in [1.165, 1.54) is 23.5 Å². The lowest BCUT2D eigenvalue weighted by Crippen LogP contribution is -2.11. The normalized spacial score (nSPS) is 10.9. The fraction of sp³-hybridized carbons (Fsp3) is 0. The van der Waals surface area contributed by atoms with Gasteiger partial charge in [-0.15, -0.1) is 11.3 Å². The predicted molar refractivity (Wildman–Crippen MR) is 91.3 cm³/mol. The average Bonchev–Trinajstić information content (AvgIpc) is 3.27. The van der Waals surface area contributed by atoms with Gasteiger partial charge in [0.05, 0.1) is 17.4 Å². The van der Waals surface area contributed by atoms with Gasteiger partial charge in [0.2, 0.25) is 5.91 Å². The summed E-state index contributed by atoms with van der Waals surface area (Å²) in [5.74, 6) is -0.959. The summed E-state index contributed by atoms with van der Waals surface area (Å²) in [5.41, 5.74) is 9.21. The minimum absolute atomic E-state index is 0.0106. The molecule has 0 radical (unpaired) electrons. The van der Waals surface area contributed by atoms with E-state index in [1.54, 1.807) is 28.4 Å². The van der Waals surface area contributed by atoms with Gasteiger partial charge in [-0.25, -0.2) is 13.9 Å². The van der Waals surface area contributed by atoms with Crippen molar-refractivity contribution in [2.24, 2.45) is 5.73 Å². The summed E-state index contributed by atoms with van der Waals surface area (Å²) in [6, 6.07) is 7.37. The average molecular weight is 354 g/mol. The van der Waals surface area contributed by atoms with Gasteiger partial charge < -0.3 is 10.5 Å². The molecule has 1 aromatic carbocycles. The van der Waals surface area contributed by atoms with Crippen LogP contribution in [0.2, 0.25) is 0 Å². The van der Waals surface area contributed by atoms with E-state index in [4.69, 9.17) is 10.5 Å². The van der Waals surface area contributed by atoms with Crippen molar-refractivity contribution in [2.45, 2.75) is 0 Å². The molecule has 124 valence electrons. The zero-order valence-corrected chi connectivity index (χ0v) is 13.5. The second-order valence-corrected chi connectivity index (χ2v) is 5.96. The van der Waals surface area contributed by atoms with E-state index >= 15 is 0 Å². The Labute approximate surface area is 145 Å². The monoisotopic (exact) mass is 354 g/mol. The first-order chi connectivity index (χ1) is 12.1. The molecule has 0 saturated carbocycles. The fourth-order valence-electron chi connectivity index (χ4n) is 2.43. The summed E-state index contributed by atoms with van der Waals surface area (Å²) in [5, 5.41) is 6.11. The van der Waals surface area contributed by atoms with Crippen LogP contribution in [0.4, 0.5) is 4.39 Å². The number of nitrogens with zero attached hydrogens (tertiary/aromatic N) is 3. The maximum Gasteiger partial charge on any atom is 0.248 e. The van der Waals surface area contributed by atoms with Gasteiger partial charge in [-0.2, -0.15) is 5.10 Å². The molecule has 6 nitrogen and oxygen atoms in total. The molecule has 0 aliphatic heterocycles. The van der Waals surface area contributed by atoms with Crippen LogP contribution in [0.15, 0.2) is 53.6 Å². The number of thiazole rings is 1. The first kappa shape index (κ1) is 15.3. The molecule has 0 bridgehead atoms. The van der Waals surface area contributed by atoms with Crippen LogP contribution in [-0.2, 0) is 0 Å². The third-order valence-corrected chi connectivity index (χ3v) is 4.22. The molecule has 3 aromatic heterocycles. The van der Waals surface area contributed by atoms with Crippen LogP contribution in [-0.4, -0.2) is 20.5 Å². The molecule has 1 amide bonds. The van der Waals surface area contributed by atoms with Gasteiger partial charge in [0.1, 0.15) is 5.52 Å². The lowest BCUT2D eigenvalue weighted by Gasteiger charge is -2.10. The molecule has 2 N–H and O–H groups in total. The van der Waals surface area contributed by atoms with E-state index in [1.807, 2.05) is 11.6 Å². The second-order valence-electron chi connectivity index (χ2n) is 5.24. The number of carbonyl (C=O) groups excluding carboxylic acids is 1. The third-order valence-electron chi connectivity index (χ3n) is 3.64. The Morgan fingerprint density at radius 1 is 1.24 bits per heavy atom. The lowest BCUT2D eigenvalue weighted by atomic mass is 10.2. The van der Waals surface area contributed by atoms with Gasteiger partial charge in [0.15, 0.2) is 17.3 Å². The number of rotatable bonds is 4. The van der Waals surface area contributed by atoms with Crippen LogP contribution in [0.1, 0.15) is 10.4 Å². The largest absolute Gasteiger partial charge is 0.452 e. The SMILES string of the molecule is NC(=O)c1ccc(Oc2cc(-c3cscn3)cn3nccc23)c(F)c1. The maximum atomic E-state index is 14.2. The Bertz CT molecular complexity index is 1080. The molecular weight excluding hydrogens is 343 g/mol. The number of hydrogen-bond donors (Lipinski definition) is 1. The van der Waals surface area contributed by atoms with E-state index in [0.717, 1.165) is 17.3 Å². The molecule has 4 aromatic rings. The molecule has 8 heteroatoms.